The van der Waals surface area contributed by atoms with Crippen LogP contribution in [0.2, 0.25) is 5.02 Å². The van der Waals surface area contributed by atoms with Gasteiger partial charge in [-0.1, -0.05) is 11.6 Å². The molecule has 1 heterocycles. The van der Waals surface area contributed by atoms with E-state index >= 15 is 0 Å². The van der Waals surface area contributed by atoms with Gasteiger partial charge in [-0.05, 0) is 24.1 Å². The number of amides is 1. The maximum atomic E-state index is 11.1. The maximum absolute atomic E-state index is 11.1. The summed E-state index contributed by atoms with van der Waals surface area (Å²) in [5.41, 5.74) is 1.81. The van der Waals surface area contributed by atoms with Gasteiger partial charge in [-0.2, -0.15) is 0 Å². The minimum atomic E-state index is 0.0290. The Balaban J connectivity index is 2.53. The summed E-state index contributed by atoms with van der Waals surface area (Å²) in [6.07, 6.45) is 1.27. The van der Waals surface area contributed by atoms with E-state index in [0.717, 1.165) is 22.6 Å². The zero-order chi connectivity index (χ0) is 9.42. The second kappa shape index (κ2) is 3.24. The number of hydrogen-bond donors (Lipinski definition) is 2. The molecule has 0 saturated carbocycles. The molecule has 0 bridgehead atoms. The minimum absolute atomic E-state index is 0.0290. The van der Waals surface area contributed by atoms with Crippen molar-refractivity contribution < 1.29 is 4.79 Å². The summed E-state index contributed by atoms with van der Waals surface area (Å²) in [4.78, 5) is 11.9. The molecule has 0 unspecified atom stereocenters. The third-order valence-corrected chi connectivity index (χ3v) is 2.60. The zero-order valence-corrected chi connectivity index (χ0v) is 8.45. The molecule has 2 nitrogen and oxygen atoms in total. The third-order valence-electron chi connectivity index (χ3n) is 2.04. The molecule has 1 aliphatic rings. The number of benzene rings is 1. The Morgan fingerprint density at radius 3 is 2.92 bits per heavy atom. The molecule has 0 fully saturated rings. The first-order valence-electron chi connectivity index (χ1n) is 3.98. The van der Waals surface area contributed by atoms with Crippen molar-refractivity contribution in [3.05, 3.63) is 22.7 Å². The van der Waals surface area contributed by atoms with Crippen LogP contribution >= 0.6 is 24.2 Å². The average Bonchev–Trinajstić information content (AvgIpc) is 2.06. The second-order valence-corrected chi connectivity index (χ2v) is 3.93. The SMILES string of the molecule is O=C1CCc2cc(S)cc(Cl)c2N1. The van der Waals surface area contributed by atoms with Crippen molar-refractivity contribution in [1.82, 2.24) is 0 Å². The Kier molecular flexibility index (Phi) is 2.22. The highest BCUT2D eigenvalue weighted by Gasteiger charge is 2.17. The van der Waals surface area contributed by atoms with Crippen LogP contribution in [0.4, 0.5) is 5.69 Å². The fourth-order valence-corrected chi connectivity index (χ4v) is 2.08. The number of rotatable bonds is 0. The van der Waals surface area contributed by atoms with E-state index in [1.165, 1.54) is 0 Å². The molecule has 1 aromatic rings. The van der Waals surface area contributed by atoms with Gasteiger partial charge in [0.15, 0.2) is 0 Å². The van der Waals surface area contributed by atoms with Gasteiger partial charge in [0.1, 0.15) is 0 Å². The Labute approximate surface area is 86.7 Å². The van der Waals surface area contributed by atoms with Crippen LogP contribution in [0.15, 0.2) is 17.0 Å². The first kappa shape index (κ1) is 8.91. The van der Waals surface area contributed by atoms with Crippen LogP contribution in [0.3, 0.4) is 0 Å². The van der Waals surface area contributed by atoms with Gasteiger partial charge in [-0.25, -0.2) is 0 Å². The van der Waals surface area contributed by atoms with Crippen molar-refractivity contribution >= 4 is 35.8 Å². The Bertz CT molecular complexity index is 378. The molecule has 1 N–H and O–H groups in total. The van der Waals surface area contributed by atoms with Gasteiger partial charge in [0.2, 0.25) is 5.91 Å². The van der Waals surface area contributed by atoms with Gasteiger partial charge in [0, 0.05) is 11.3 Å². The topological polar surface area (TPSA) is 29.1 Å². The molecule has 4 heteroatoms. The smallest absolute Gasteiger partial charge is 0.224 e. The molecule has 0 saturated heterocycles. The molecule has 1 amide bonds. The average molecular weight is 214 g/mol. The first-order valence-corrected chi connectivity index (χ1v) is 4.80. The molecule has 68 valence electrons. The summed E-state index contributed by atoms with van der Waals surface area (Å²) in [6.45, 7) is 0. The van der Waals surface area contributed by atoms with Gasteiger partial charge in [-0.3, -0.25) is 4.79 Å². The quantitative estimate of drug-likeness (QED) is 0.638. The summed E-state index contributed by atoms with van der Waals surface area (Å²) in [6, 6.07) is 3.67. The lowest BCUT2D eigenvalue weighted by Gasteiger charge is -2.18. The van der Waals surface area contributed by atoms with Gasteiger partial charge in [-0.15, -0.1) is 12.6 Å². The molecule has 1 aromatic carbocycles. The van der Waals surface area contributed by atoms with Gasteiger partial charge < -0.3 is 5.32 Å². The number of fused-ring (bicyclic) bond motifs is 1. The molecule has 0 spiro atoms. The summed E-state index contributed by atoms with van der Waals surface area (Å²) < 4.78 is 0. The molecule has 0 radical (unpaired) electrons. The number of carbonyl (C=O) groups excluding carboxylic acids is 1. The summed E-state index contributed by atoms with van der Waals surface area (Å²) in [7, 11) is 0. The zero-order valence-electron chi connectivity index (χ0n) is 6.80. The van der Waals surface area contributed by atoms with Crippen LogP contribution in [0.1, 0.15) is 12.0 Å². The van der Waals surface area contributed by atoms with Crippen LogP contribution in [-0.4, -0.2) is 5.91 Å². The van der Waals surface area contributed by atoms with Crippen molar-refractivity contribution in [3.8, 4) is 0 Å². The summed E-state index contributed by atoms with van der Waals surface area (Å²) in [5, 5.41) is 3.32. The third kappa shape index (κ3) is 1.67. The minimum Gasteiger partial charge on any atom is -0.325 e. The number of halogens is 1. The first-order chi connectivity index (χ1) is 6.16. The normalized spacial score (nSPS) is 15.1. The van der Waals surface area contributed by atoms with E-state index in [0.29, 0.717) is 11.4 Å². The van der Waals surface area contributed by atoms with Crippen molar-refractivity contribution in [2.24, 2.45) is 0 Å². The van der Waals surface area contributed by atoms with Crippen LogP contribution in [0.25, 0.3) is 0 Å². The van der Waals surface area contributed by atoms with Gasteiger partial charge >= 0.3 is 0 Å². The Morgan fingerprint density at radius 2 is 2.15 bits per heavy atom. The van der Waals surface area contributed by atoms with Crippen molar-refractivity contribution in [3.63, 3.8) is 0 Å². The second-order valence-electron chi connectivity index (χ2n) is 3.01. The number of nitrogens with one attached hydrogen (secondary N) is 1. The number of thiol groups is 1. The summed E-state index contributed by atoms with van der Waals surface area (Å²) in [5.74, 6) is 0.0290. The molecule has 2 rings (SSSR count). The summed E-state index contributed by atoms with van der Waals surface area (Å²) >= 11 is 10.2. The molecule has 1 aliphatic heterocycles. The van der Waals surface area contributed by atoms with Crippen LogP contribution in [0.5, 0.6) is 0 Å². The predicted molar refractivity (Wildman–Crippen MR) is 55.7 cm³/mol. The fourth-order valence-electron chi connectivity index (χ4n) is 1.44. The Hall–Kier alpha value is -0.670. The fraction of sp³-hybridized carbons (Fsp3) is 0.222. The van der Waals surface area contributed by atoms with E-state index in [9.17, 15) is 4.79 Å². The molecule has 0 atom stereocenters. The van der Waals surface area contributed by atoms with E-state index < -0.39 is 0 Å². The molecule has 0 aliphatic carbocycles. The van der Waals surface area contributed by atoms with Crippen molar-refractivity contribution in [2.75, 3.05) is 5.32 Å². The highest BCUT2D eigenvalue weighted by Crippen LogP contribution is 2.32. The van der Waals surface area contributed by atoms with E-state index in [1.54, 1.807) is 6.07 Å². The lowest BCUT2D eigenvalue weighted by Crippen LogP contribution is -2.19. The highest BCUT2D eigenvalue weighted by molar-refractivity contribution is 7.80. The van der Waals surface area contributed by atoms with E-state index in [-0.39, 0.29) is 5.91 Å². The standard InChI is InChI=1S/C9H8ClNOS/c10-7-4-6(13)3-5-1-2-8(12)11-9(5)7/h3-4,13H,1-2H2,(H,11,12). The van der Waals surface area contributed by atoms with Crippen molar-refractivity contribution in [1.29, 1.82) is 0 Å². The molecule has 0 aromatic heterocycles. The number of anilines is 1. The largest absolute Gasteiger partial charge is 0.325 e. The predicted octanol–water partition coefficient (Wildman–Crippen LogP) is 2.51. The van der Waals surface area contributed by atoms with Gasteiger partial charge in [0.05, 0.1) is 10.7 Å². The van der Waals surface area contributed by atoms with Crippen molar-refractivity contribution in [2.45, 2.75) is 17.7 Å². The lowest BCUT2D eigenvalue weighted by molar-refractivity contribution is -0.116. The number of aryl methyl sites for hydroxylation is 1. The maximum Gasteiger partial charge on any atom is 0.224 e. The Morgan fingerprint density at radius 1 is 1.38 bits per heavy atom. The lowest BCUT2D eigenvalue weighted by atomic mass is 10.0. The molecular formula is C9H8ClNOS. The van der Waals surface area contributed by atoms with E-state index in [1.807, 2.05) is 6.07 Å². The van der Waals surface area contributed by atoms with Crippen LogP contribution in [0, 0.1) is 0 Å². The molecule has 13 heavy (non-hydrogen) atoms. The monoisotopic (exact) mass is 213 g/mol. The van der Waals surface area contributed by atoms with Gasteiger partial charge in [0.25, 0.3) is 0 Å². The van der Waals surface area contributed by atoms with Crippen LogP contribution in [-0.2, 0) is 11.2 Å². The molecular weight excluding hydrogens is 206 g/mol. The van der Waals surface area contributed by atoms with Crippen LogP contribution < -0.4 is 5.32 Å². The highest BCUT2D eigenvalue weighted by atomic mass is 35.5. The van der Waals surface area contributed by atoms with E-state index in [4.69, 9.17) is 11.6 Å². The number of carbonyl (C=O) groups is 1. The number of hydrogen-bond acceptors (Lipinski definition) is 2. The van der Waals surface area contributed by atoms with E-state index in [2.05, 4.69) is 17.9 Å².